The first-order chi connectivity index (χ1) is 16.7. The highest BCUT2D eigenvalue weighted by molar-refractivity contribution is 6.31. The number of benzene rings is 2. The highest BCUT2D eigenvalue weighted by Crippen LogP contribution is 2.27. The molecule has 1 unspecified atom stereocenters. The molecular weight excluding hydrogens is 475 g/mol. The summed E-state index contributed by atoms with van der Waals surface area (Å²) in [7, 11) is 0. The van der Waals surface area contributed by atoms with E-state index >= 15 is 0 Å². The van der Waals surface area contributed by atoms with Gasteiger partial charge in [0.25, 0.3) is 0 Å². The van der Waals surface area contributed by atoms with Crippen molar-refractivity contribution in [3.63, 3.8) is 0 Å². The van der Waals surface area contributed by atoms with E-state index in [0.29, 0.717) is 54.9 Å². The summed E-state index contributed by atoms with van der Waals surface area (Å²) < 4.78 is 24.6. The van der Waals surface area contributed by atoms with Gasteiger partial charge in [-0.05, 0) is 68.2 Å². The fourth-order valence-corrected chi connectivity index (χ4v) is 4.70. The Morgan fingerprint density at radius 1 is 1.29 bits per heavy atom. The monoisotopic (exact) mass is 502 g/mol. The zero-order chi connectivity index (χ0) is 25.1. The number of fused-ring (bicyclic) bond motifs is 1. The van der Waals surface area contributed by atoms with E-state index in [9.17, 15) is 19.1 Å². The standard InChI is InChI=1S/C26H28ClFN2O5/c1-15-21-5-4-20(34-14-19(31)13-30-8-6-16(7-9-30)25(29)32)12-24(21)35-26(33)22(15)10-17-2-3-18(28)11-23(17)27/h2-5,11-12,16,19,31H,6-10,13-14H2,1H3,(H2,29,32). The number of amides is 1. The maximum atomic E-state index is 13.4. The topological polar surface area (TPSA) is 106 Å². The van der Waals surface area contributed by atoms with E-state index in [2.05, 4.69) is 4.90 Å². The van der Waals surface area contributed by atoms with Crippen LogP contribution < -0.4 is 16.1 Å². The number of carbonyl (C=O) groups excluding carboxylic acids is 1. The second kappa shape index (κ2) is 10.8. The van der Waals surface area contributed by atoms with Crippen LogP contribution in [0.5, 0.6) is 5.75 Å². The molecule has 3 N–H and O–H groups in total. The molecule has 186 valence electrons. The number of piperidine rings is 1. The normalized spacial score (nSPS) is 15.9. The van der Waals surface area contributed by atoms with Crippen molar-refractivity contribution >= 4 is 28.5 Å². The average molecular weight is 503 g/mol. The third-order valence-electron chi connectivity index (χ3n) is 6.54. The minimum absolute atomic E-state index is 0.0750. The Balaban J connectivity index is 1.41. The van der Waals surface area contributed by atoms with Gasteiger partial charge in [-0.1, -0.05) is 17.7 Å². The quantitative estimate of drug-likeness (QED) is 0.457. The number of nitrogens with zero attached hydrogens (tertiary/aromatic N) is 1. The number of carbonyl (C=O) groups is 1. The SMILES string of the molecule is Cc1c(Cc2ccc(F)cc2Cl)c(=O)oc2cc(OCC(O)CN3CCC(C(N)=O)CC3)ccc12. The Morgan fingerprint density at radius 2 is 2.03 bits per heavy atom. The van der Waals surface area contributed by atoms with Gasteiger partial charge in [-0.25, -0.2) is 9.18 Å². The van der Waals surface area contributed by atoms with E-state index in [-0.39, 0.29) is 29.9 Å². The lowest BCUT2D eigenvalue weighted by Crippen LogP contribution is -2.43. The van der Waals surface area contributed by atoms with Gasteiger partial charge in [0.05, 0.1) is 0 Å². The number of rotatable bonds is 8. The lowest BCUT2D eigenvalue weighted by Gasteiger charge is -2.31. The lowest BCUT2D eigenvalue weighted by atomic mass is 9.96. The second-order valence-corrected chi connectivity index (χ2v) is 9.41. The molecule has 3 aromatic rings. The first-order valence-corrected chi connectivity index (χ1v) is 11.9. The van der Waals surface area contributed by atoms with Gasteiger partial charge in [0.15, 0.2) is 0 Å². The summed E-state index contributed by atoms with van der Waals surface area (Å²) in [6.45, 7) is 3.75. The minimum atomic E-state index is -0.715. The van der Waals surface area contributed by atoms with E-state index in [1.165, 1.54) is 12.1 Å². The van der Waals surface area contributed by atoms with Crippen LogP contribution in [0.2, 0.25) is 5.02 Å². The van der Waals surface area contributed by atoms with Crippen LogP contribution in [-0.4, -0.2) is 48.3 Å². The molecule has 1 saturated heterocycles. The van der Waals surface area contributed by atoms with Crippen molar-refractivity contribution in [2.75, 3.05) is 26.2 Å². The first kappa shape index (κ1) is 25.2. The smallest absolute Gasteiger partial charge is 0.340 e. The van der Waals surface area contributed by atoms with Gasteiger partial charge >= 0.3 is 5.63 Å². The van der Waals surface area contributed by atoms with E-state index in [1.807, 2.05) is 6.92 Å². The number of hydrogen-bond donors (Lipinski definition) is 2. The molecule has 0 bridgehead atoms. The molecule has 1 amide bonds. The molecule has 0 radical (unpaired) electrons. The predicted octanol–water partition coefficient (Wildman–Crippen LogP) is 3.42. The summed E-state index contributed by atoms with van der Waals surface area (Å²) in [6, 6.07) is 9.28. The second-order valence-electron chi connectivity index (χ2n) is 9.01. The molecule has 2 aromatic carbocycles. The van der Waals surface area contributed by atoms with Crippen LogP contribution >= 0.6 is 11.6 Å². The Hall–Kier alpha value is -2.94. The maximum Gasteiger partial charge on any atom is 0.340 e. The third kappa shape index (κ3) is 6.01. The number of halogens is 2. The van der Waals surface area contributed by atoms with Gasteiger partial charge in [-0.2, -0.15) is 0 Å². The zero-order valence-electron chi connectivity index (χ0n) is 19.4. The summed E-state index contributed by atoms with van der Waals surface area (Å²) in [4.78, 5) is 26.1. The van der Waals surface area contributed by atoms with Crippen LogP contribution in [0, 0.1) is 18.7 Å². The third-order valence-corrected chi connectivity index (χ3v) is 6.89. The van der Waals surface area contributed by atoms with Crippen molar-refractivity contribution in [3.05, 3.63) is 74.3 Å². The van der Waals surface area contributed by atoms with Crippen molar-refractivity contribution in [2.24, 2.45) is 11.7 Å². The molecule has 2 heterocycles. The molecule has 1 aliphatic rings. The Labute approximate surface area is 207 Å². The van der Waals surface area contributed by atoms with E-state index in [0.717, 1.165) is 10.9 Å². The molecule has 7 nitrogen and oxygen atoms in total. The van der Waals surface area contributed by atoms with Crippen molar-refractivity contribution in [3.8, 4) is 5.75 Å². The molecule has 0 spiro atoms. The molecule has 0 aliphatic carbocycles. The van der Waals surface area contributed by atoms with Crippen LogP contribution in [0.3, 0.4) is 0 Å². The molecule has 0 saturated carbocycles. The Bertz CT molecular complexity index is 1290. The molecule has 1 aliphatic heterocycles. The van der Waals surface area contributed by atoms with Crippen LogP contribution in [0.4, 0.5) is 4.39 Å². The van der Waals surface area contributed by atoms with Gasteiger partial charge in [0.1, 0.15) is 29.9 Å². The van der Waals surface area contributed by atoms with Crippen molar-refractivity contribution in [2.45, 2.75) is 32.3 Å². The van der Waals surface area contributed by atoms with Crippen molar-refractivity contribution in [1.29, 1.82) is 0 Å². The molecular formula is C26H28ClFN2O5. The van der Waals surface area contributed by atoms with Crippen LogP contribution in [0.15, 0.2) is 45.6 Å². The summed E-state index contributed by atoms with van der Waals surface area (Å²) >= 11 is 6.13. The predicted molar refractivity (Wildman–Crippen MR) is 131 cm³/mol. The maximum absolute atomic E-state index is 13.4. The molecule has 1 fully saturated rings. The molecule has 35 heavy (non-hydrogen) atoms. The number of nitrogens with two attached hydrogens (primary N) is 1. The summed E-state index contributed by atoms with van der Waals surface area (Å²) in [5.41, 5.74) is 7.09. The van der Waals surface area contributed by atoms with Gasteiger partial charge in [-0.3, -0.25) is 4.79 Å². The number of likely N-dealkylation sites (tertiary alicyclic amines) is 1. The van der Waals surface area contributed by atoms with Crippen molar-refractivity contribution in [1.82, 2.24) is 4.90 Å². The van der Waals surface area contributed by atoms with E-state index in [4.69, 9.17) is 26.5 Å². The number of ether oxygens (including phenoxy) is 1. The Kier molecular flexibility index (Phi) is 7.74. The highest BCUT2D eigenvalue weighted by Gasteiger charge is 2.24. The summed E-state index contributed by atoms with van der Waals surface area (Å²) in [5.74, 6) is -0.325. The van der Waals surface area contributed by atoms with Crippen LogP contribution in [0.25, 0.3) is 11.0 Å². The molecule has 9 heteroatoms. The number of aryl methyl sites for hydroxylation is 1. The summed E-state index contributed by atoms with van der Waals surface area (Å²) in [5, 5.41) is 11.4. The largest absolute Gasteiger partial charge is 0.491 e. The summed E-state index contributed by atoms with van der Waals surface area (Å²) in [6.07, 6.45) is 0.903. The van der Waals surface area contributed by atoms with Crippen LogP contribution in [-0.2, 0) is 11.2 Å². The molecule has 1 aromatic heterocycles. The first-order valence-electron chi connectivity index (χ1n) is 11.5. The van der Waals surface area contributed by atoms with Gasteiger partial charge in [-0.15, -0.1) is 0 Å². The fourth-order valence-electron chi connectivity index (χ4n) is 4.47. The number of primary amides is 1. The number of β-amino-alcohol motifs (C(OH)–C–C–N with tert-alkyl or cyclic N) is 1. The average Bonchev–Trinajstić information content (AvgIpc) is 2.82. The van der Waals surface area contributed by atoms with Crippen molar-refractivity contribution < 1.29 is 23.4 Å². The minimum Gasteiger partial charge on any atom is -0.491 e. The van der Waals surface area contributed by atoms with Gasteiger partial charge < -0.3 is 24.9 Å². The molecule has 1 atom stereocenters. The number of aliphatic hydroxyl groups is 1. The lowest BCUT2D eigenvalue weighted by molar-refractivity contribution is -0.123. The highest BCUT2D eigenvalue weighted by atomic mass is 35.5. The Morgan fingerprint density at radius 3 is 2.71 bits per heavy atom. The number of hydrogen-bond acceptors (Lipinski definition) is 6. The zero-order valence-corrected chi connectivity index (χ0v) is 20.2. The van der Waals surface area contributed by atoms with E-state index in [1.54, 1.807) is 24.3 Å². The number of aliphatic hydroxyl groups excluding tert-OH is 1. The van der Waals surface area contributed by atoms with E-state index < -0.39 is 17.5 Å². The fraction of sp³-hybridized carbons (Fsp3) is 0.385. The van der Waals surface area contributed by atoms with Gasteiger partial charge in [0.2, 0.25) is 5.91 Å². The van der Waals surface area contributed by atoms with Crippen LogP contribution in [0.1, 0.15) is 29.5 Å². The van der Waals surface area contributed by atoms with Gasteiger partial charge in [0, 0.05) is 40.9 Å². The molecule has 4 rings (SSSR count).